The van der Waals surface area contributed by atoms with Crippen LogP contribution in [0.2, 0.25) is 0 Å². The second kappa shape index (κ2) is 6.42. The molecule has 1 aromatic heterocycles. The molecular formula is C20H15BrN4O2S. The molecule has 0 saturated heterocycles. The summed E-state index contributed by atoms with van der Waals surface area (Å²) in [5.74, 6) is -0.152. The van der Waals surface area contributed by atoms with Gasteiger partial charge in [0.15, 0.2) is 4.80 Å². The van der Waals surface area contributed by atoms with Gasteiger partial charge in [-0.25, -0.2) is 4.99 Å². The van der Waals surface area contributed by atoms with Gasteiger partial charge in [-0.3, -0.25) is 14.2 Å². The van der Waals surface area contributed by atoms with E-state index in [1.165, 1.54) is 11.3 Å². The number of para-hydroxylation sites is 1. The largest absolute Gasteiger partial charge is 0.334 e. The Kier molecular flexibility index (Phi) is 3.99. The fourth-order valence-electron chi connectivity index (χ4n) is 3.59. The lowest BCUT2D eigenvalue weighted by atomic mass is 10.1. The molecule has 28 heavy (non-hydrogen) atoms. The monoisotopic (exact) mass is 454 g/mol. The molecule has 2 aliphatic heterocycles. The maximum atomic E-state index is 13.2. The molecule has 0 aliphatic carbocycles. The first-order valence-electron chi connectivity index (χ1n) is 8.71. The van der Waals surface area contributed by atoms with Crippen molar-refractivity contribution in [3.63, 3.8) is 0 Å². The Labute approximate surface area is 172 Å². The van der Waals surface area contributed by atoms with E-state index < -0.39 is 0 Å². The van der Waals surface area contributed by atoms with Gasteiger partial charge in [0, 0.05) is 22.8 Å². The van der Waals surface area contributed by atoms with E-state index >= 15 is 0 Å². The molecule has 0 radical (unpaired) electrons. The number of anilines is 2. The number of amides is 1. The fourth-order valence-corrected chi connectivity index (χ4v) is 5.03. The van der Waals surface area contributed by atoms with Crippen LogP contribution in [0.25, 0.3) is 5.57 Å². The molecule has 5 rings (SSSR count). The molecule has 0 atom stereocenters. The van der Waals surface area contributed by atoms with Crippen molar-refractivity contribution in [3.05, 3.63) is 78.3 Å². The number of hydrogen-bond donors (Lipinski definition) is 0. The van der Waals surface area contributed by atoms with Crippen LogP contribution in [-0.2, 0) is 11.5 Å². The fraction of sp³-hybridized carbons (Fsp3) is 0.150. The molecule has 0 N–H and O–H groups in total. The SMILES string of the molecule is CN1C(=O)C(=c2sc3n(c2=O)CN(c2cccc(Br)c2)CN=3)c2ccccc21. The van der Waals surface area contributed by atoms with Crippen molar-refractivity contribution < 1.29 is 4.79 Å². The van der Waals surface area contributed by atoms with Crippen LogP contribution in [-0.4, -0.2) is 24.2 Å². The van der Waals surface area contributed by atoms with Crippen LogP contribution in [0, 0.1) is 0 Å². The molecule has 0 spiro atoms. The van der Waals surface area contributed by atoms with Gasteiger partial charge >= 0.3 is 0 Å². The predicted molar refractivity (Wildman–Crippen MR) is 113 cm³/mol. The number of rotatable bonds is 1. The third kappa shape index (κ3) is 2.56. The third-order valence-electron chi connectivity index (χ3n) is 5.01. The van der Waals surface area contributed by atoms with Crippen LogP contribution in [0.4, 0.5) is 11.4 Å². The maximum Gasteiger partial charge on any atom is 0.272 e. The van der Waals surface area contributed by atoms with Crippen LogP contribution in [0.1, 0.15) is 5.56 Å². The van der Waals surface area contributed by atoms with Gasteiger partial charge in [0.25, 0.3) is 11.5 Å². The van der Waals surface area contributed by atoms with E-state index in [1.807, 2.05) is 53.4 Å². The molecule has 2 aliphatic rings. The lowest BCUT2D eigenvalue weighted by molar-refractivity contribution is -0.112. The minimum absolute atomic E-state index is 0.152. The number of hydrogen-bond acceptors (Lipinski definition) is 5. The summed E-state index contributed by atoms with van der Waals surface area (Å²) in [6.07, 6.45) is 0. The molecule has 6 nitrogen and oxygen atoms in total. The molecule has 0 unspecified atom stereocenters. The van der Waals surface area contributed by atoms with Crippen molar-refractivity contribution in [2.75, 3.05) is 23.5 Å². The van der Waals surface area contributed by atoms with Crippen molar-refractivity contribution in [2.24, 2.45) is 4.99 Å². The average molecular weight is 455 g/mol. The van der Waals surface area contributed by atoms with Crippen molar-refractivity contribution >= 4 is 50.1 Å². The van der Waals surface area contributed by atoms with Crippen molar-refractivity contribution in [1.29, 1.82) is 0 Å². The molecule has 3 heterocycles. The zero-order chi connectivity index (χ0) is 19.4. The highest BCUT2D eigenvalue weighted by Gasteiger charge is 2.32. The zero-order valence-corrected chi connectivity index (χ0v) is 17.3. The van der Waals surface area contributed by atoms with E-state index in [0.29, 0.717) is 28.2 Å². The summed E-state index contributed by atoms with van der Waals surface area (Å²) in [5, 5.41) is 0. The van der Waals surface area contributed by atoms with Crippen LogP contribution < -0.4 is 24.7 Å². The number of thiazole rings is 1. The molecular weight excluding hydrogens is 440 g/mol. The second-order valence-electron chi connectivity index (χ2n) is 6.66. The summed E-state index contributed by atoms with van der Waals surface area (Å²) in [7, 11) is 1.73. The minimum Gasteiger partial charge on any atom is -0.334 e. The van der Waals surface area contributed by atoms with E-state index in [1.54, 1.807) is 16.5 Å². The van der Waals surface area contributed by atoms with Gasteiger partial charge < -0.3 is 9.80 Å². The Morgan fingerprint density at radius 1 is 1.11 bits per heavy atom. The number of carbonyl (C=O) groups excluding carboxylic acids is 1. The summed E-state index contributed by atoms with van der Waals surface area (Å²) >= 11 is 4.77. The molecule has 1 amide bonds. The van der Waals surface area contributed by atoms with Gasteiger partial charge in [-0.15, -0.1) is 0 Å². The van der Waals surface area contributed by atoms with Gasteiger partial charge in [-0.1, -0.05) is 51.5 Å². The molecule has 0 fully saturated rings. The Hall–Kier alpha value is -2.71. The first-order valence-corrected chi connectivity index (χ1v) is 10.3. The average Bonchev–Trinajstić information content (AvgIpc) is 3.16. The lowest BCUT2D eigenvalue weighted by Crippen LogP contribution is -2.43. The van der Waals surface area contributed by atoms with E-state index in [2.05, 4.69) is 20.9 Å². The van der Waals surface area contributed by atoms with Gasteiger partial charge in [-0.05, 0) is 24.3 Å². The number of benzene rings is 2. The summed E-state index contributed by atoms with van der Waals surface area (Å²) < 4.78 is 3.07. The van der Waals surface area contributed by atoms with Gasteiger partial charge in [0.1, 0.15) is 17.9 Å². The van der Waals surface area contributed by atoms with Crippen molar-refractivity contribution in [1.82, 2.24) is 4.57 Å². The second-order valence-corrected chi connectivity index (χ2v) is 8.56. The Morgan fingerprint density at radius 2 is 1.93 bits per heavy atom. The maximum absolute atomic E-state index is 13.2. The van der Waals surface area contributed by atoms with Gasteiger partial charge in [0.05, 0.1) is 11.3 Å². The number of halogens is 1. The lowest BCUT2D eigenvalue weighted by Gasteiger charge is -2.25. The molecule has 2 aromatic carbocycles. The van der Waals surface area contributed by atoms with E-state index in [4.69, 9.17) is 0 Å². The molecule has 140 valence electrons. The number of aromatic nitrogens is 1. The minimum atomic E-state index is -0.170. The van der Waals surface area contributed by atoms with Crippen molar-refractivity contribution in [2.45, 2.75) is 6.67 Å². The Bertz CT molecular complexity index is 1310. The third-order valence-corrected chi connectivity index (χ3v) is 6.61. The topological polar surface area (TPSA) is 57.9 Å². The van der Waals surface area contributed by atoms with E-state index in [-0.39, 0.29) is 11.5 Å². The standard InChI is InChI=1S/C20H15BrN4O2S/c1-23-15-8-3-2-7-14(15)16(18(23)26)17-19(27)25-11-24(10-22-20(25)28-17)13-6-4-5-12(21)9-13/h2-9H,10-11H2,1H3. The first kappa shape index (κ1) is 17.4. The van der Waals surface area contributed by atoms with E-state index in [9.17, 15) is 9.59 Å². The summed E-state index contributed by atoms with van der Waals surface area (Å²) in [5.41, 5.74) is 2.91. The molecule has 8 heteroatoms. The number of fused-ring (bicyclic) bond motifs is 2. The van der Waals surface area contributed by atoms with Crippen LogP contribution in [0.15, 0.2) is 62.8 Å². The summed E-state index contributed by atoms with van der Waals surface area (Å²) in [4.78, 5) is 34.9. The Balaban J connectivity index is 1.67. The highest BCUT2D eigenvalue weighted by atomic mass is 79.9. The quantitative estimate of drug-likeness (QED) is 0.564. The first-order chi connectivity index (χ1) is 13.5. The van der Waals surface area contributed by atoms with Crippen LogP contribution in [0.3, 0.4) is 0 Å². The normalized spacial score (nSPS) is 17.4. The predicted octanol–water partition coefficient (Wildman–Crippen LogP) is 1.90. The molecule has 0 bridgehead atoms. The van der Waals surface area contributed by atoms with Crippen LogP contribution >= 0.6 is 27.3 Å². The number of carbonyl (C=O) groups is 1. The van der Waals surface area contributed by atoms with Gasteiger partial charge in [0.2, 0.25) is 0 Å². The Morgan fingerprint density at radius 3 is 2.75 bits per heavy atom. The summed E-state index contributed by atoms with van der Waals surface area (Å²) in [6.45, 7) is 0.874. The van der Waals surface area contributed by atoms with Crippen LogP contribution in [0.5, 0.6) is 0 Å². The smallest absolute Gasteiger partial charge is 0.272 e. The molecule has 3 aromatic rings. The zero-order valence-electron chi connectivity index (χ0n) is 14.9. The number of likely N-dealkylation sites (N-methyl/N-ethyl adjacent to an activating group) is 1. The summed E-state index contributed by atoms with van der Waals surface area (Å²) in [6, 6.07) is 15.5. The van der Waals surface area contributed by atoms with E-state index in [0.717, 1.165) is 21.4 Å². The highest BCUT2D eigenvalue weighted by molar-refractivity contribution is 9.10. The van der Waals surface area contributed by atoms with Crippen molar-refractivity contribution in [3.8, 4) is 0 Å². The van der Waals surface area contributed by atoms with Gasteiger partial charge in [-0.2, -0.15) is 0 Å². The number of nitrogens with zero attached hydrogens (tertiary/aromatic N) is 4. The molecule has 0 saturated carbocycles. The highest BCUT2D eigenvalue weighted by Crippen LogP contribution is 2.33.